The van der Waals surface area contributed by atoms with Crippen molar-refractivity contribution in [3.8, 4) is 11.3 Å². The number of hydrogen-bond donors (Lipinski definition) is 1. The molecule has 0 fully saturated rings. The van der Waals surface area contributed by atoms with E-state index in [0.29, 0.717) is 16.6 Å². The summed E-state index contributed by atoms with van der Waals surface area (Å²) in [5, 5.41) is 5.07. The van der Waals surface area contributed by atoms with Crippen molar-refractivity contribution >= 4 is 16.9 Å². The molecule has 0 unspecified atom stereocenters. The van der Waals surface area contributed by atoms with Crippen molar-refractivity contribution in [1.29, 1.82) is 0 Å². The Morgan fingerprint density at radius 3 is 2.65 bits per heavy atom. The Balaban J connectivity index is 2.26. The van der Waals surface area contributed by atoms with E-state index in [-0.39, 0.29) is 11.9 Å². The summed E-state index contributed by atoms with van der Waals surface area (Å²) in [5.74, 6) is -0.319. The molecular weight excluding hydrogens is 292 g/mol. The highest BCUT2D eigenvalue weighted by Crippen LogP contribution is 2.26. The Morgan fingerprint density at radius 2 is 2.00 bits per heavy atom. The molecule has 0 aliphatic rings. The SMILES string of the molecule is CONC(=O)c1cc(-c2ccccc2)nc2c1cnn2C(C)C. The fourth-order valence-corrected chi connectivity index (χ4v) is 2.49. The Hall–Kier alpha value is -2.73. The first kappa shape index (κ1) is 15.2. The maximum Gasteiger partial charge on any atom is 0.275 e. The first-order valence-electron chi connectivity index (χ1n) is 7.39. The van der Waals surface area contributed by atoms with Crippen LogP contribution < -0.4 is 5.48 Å². The lowest BCUT2D eigenvalue weighted by molar-refractivity contribution is 0.0539. The summed E-state index contributed by atoms with van der Waals surface area (Å²) in [4.78, 5) is 21.8. The van der Waals surface area contributed by atoms with E-state index >= 15 is 0 Å². The van der Waals surface area contributed by atoms with Gasteiger partial charge in [-0.3, -0.25) is 9.63 Å². The molecule has 23 heavy (non-hydrogen) atoms. The molecule has 1 aromatic carbocycles. The average molecular weight is 310 g/mol. The quantitative estimate of drug-likeness (QED) is 0.752. The molecule has 0 aliphatic heterocycles. The Morgan fingerprint density at radius 1 is 1.26 bits per heavy atom. The zero-order valence-electron chi connectivity index (χ0n) is 13.3. The minimum Gasteiger partial charge on any atom is -0.277 e. The normalized spacial score (nSPS) is 11.1. The number of fused-ring (bicyclic) bond motifs is 1. The highest BCUT2D eigenvalue weighted by molar-refractivity contribution is 6.06. The molecule has 2 heterocycles. The third-order valence-corrected chi connectivity index (χ3v) is 3.56. The topological polar surface area (TPSA) is 69.0 Å². The largest absolute Gasteiger partial charge is 0.277 e. The van der Waals surface area contributed by atoms with Crippen molar-refractivity contribution < 1.29 is 9.63 Å². The van der Waals surface area contributed by atoms with Gasteiger partial charge >= 0.3 is 0 Å². The zero-order valence-corrected chi connectivity index (χ0v) is 13.3. The fourth-order valence-electron chi connectivity index (χ4n) is 2.49. The Kier molecular flexibility index (Phi) is 4.08. The molecule has 0 radical (unpaired) electrons. The molecule has 3 rings (SSSR count). The molecule has 6 heteroatoms. The summed E-state index contributed by atoms with van der Waals surface area (Å²) in [6.07, 6.45) is 1.67. The molecule has 1 N–H and O–H groups in total. The van der Waals surface area contributed by atoms with Gasteiger partial charge in [0.2, 0.25) is 0 Å². The highest BCUT2D eigenvalue weighted by Gasteiger charge is 2.18. The lowest BCUT2D eigenvalue weighted by Gasteiger charge is -2.10. The number of carbonyl (C=O) groups is 1. The van der Waals surface area contributed by atoms with Gasteiger partial charge in [-0.15, -0.1) is 0 Å². The van der Waals surface area contributed by atoms with Gasteiger partial charge in [-0.25, -0.2) is 15.1 Å². The predicted octanol–water partition coefficient (Wildman–Crippen LogP) is 2.97. The number of benzene rings is 1. The molecule has 118 valence electrons. The summed E-state index contributed by atoms with van der Waals surface area (Å²) >= 11 is 0. The molecule has 0 saturated carbocycles. The number of pyridine rings is 1. The summed E-state index contributed by atoms with van der Waals surface area (Å²) in [7, 11) is 1.41. The van der Waals surface area contributed by atoms with Gasteiger partial charge in [0.05, 0.1) is 30.0 Å². The van der Waals surface area contributed by atoms with Crippen LogP contribution in [-0.4, -0.2) is 27.8 Å². The molecule has 2 aromatic heterocycles. The van der Waals surface area contributed by atoms with Gasteiger partial charge in [-0.05, 0) is 19.9 Å². The van der Waals surface area contributed by atoms with Gasteiger partial charge in [0.15, 0.2) is 5.65 Å². The van der Waals surface area contributed by atoms with Crippen LogP contribution in [-0.2, 0) is 4.84 Å². The summed E-state index contributed by atoms with van der Waals surface area (Å²) in [6.45, 7) is 4.05. The van der Waals surface area contributed by atoms with E-state index in [1.165, 1.54) is 7.11 Å². The van der Waals surface area contributed by atoms with Crippen molar-refractivity contribution in [2.45, 2.75) is 19.9 Å². The van der Waals surface area contributed by atoms with Gasteiger partial charge in [0, 0.05) is 11.6 Å². The molecule has 0 saturated heterocycles. The van der Waals surface area contributed by atoms with E-state index in [1.54, 1.807) is 12.3 Å². The van der Waals surface area contributed by atoms with Crippen LogP contribution in [0.3, 0.4) is 0 Å². The van der Waals surface area contributed by atoms with E-state index in [9.17, 15) is 4.79 Å². The predicted molar refractivity (Wildman–Crippen MR) is 87.8 cm³/mol. The third kappa shape index (κ3) is 2.80. The standard InChI is InChI=1S/C17H18N4O2/c1-11(2)21-16-14(10-18-21)13(17(22)20-23-3)9-15(19-16)12-7-5-4-6-8-12/h4-11H,1-3H3,(H,20,22). The lowest BCUT2D eigenvalue weighted by atomic mass is 10.1. The maximum atomic E-state index is 12.3. The van der Waals surface area contributed by atoms with Crippen molar-refractivity contribution in [3.05, 3.63) is 48.2 Å². The smallest absolute Gasteiger partial charge is 0.275 e. The number of hydroxylamine groups is 1. The minimum absolute atomic E-state index is 0.143. The molecule has 0 atom stereocenters. The molecule has 0 aliphatic carbocycles. The second-order valence-electron chi connectivity index (χ2n) is 5.48. The monoisotopic (exact) mass is 310 g/mol. The lowest BCUT2D eigenvalue weighted by Crippen LogP contribution is -2.22. The van der Waals surface area contributed by atoms with Crippen LogP contribution in [0.4, 0.5) is 0 Å². The van der Waals surface area contributed by atoms with Crippen molar-refractivity contribution in [2.75, 3.05) is 7.11 Å². The van der Waals surface area contributed by atoms with Crippen LogP contribution in [0, 0.1) is 0 Å². The molecule has 6 nitrogen and oxygen atoms in total. The second kappa shape index (κ2) is 6.18. The number of rotatable bonds is 4. The van der Waals surface area contributed by atoms with Crippen molar-refractivity contribution in [2.24, 2.45) is 0 Å². The van der Waals surface area contributed by atoms with E-state index in [1.807, 2.05) is 48.9 Å². The van der Waals surface area contributed by atoms with Gasteiger partial charge < -0.3 is 0 Å². The second-order valence-corrected chi connectivity index (χ2v) is 5.48. The van der Waals surface area contributed by atoms with Crippen LogP contribution in [0.5, 0.6) is 0 Å². The summed E-state index contributed by atoms with van der Waals surface area (Å²) in [5.41, 5.74) is 5.20. The van der Waals surface area contributed by atoms with Crippen LogP contribution in [0.1, 0.15) is 30.2 Å². The van der Waals surface area contributed by atoms with Crippen LogP contribution in [0.15, 0.2) is 42.6 Å². The van der Waals surface area contributed by atoms with E-state index < -0.39 is 0 Å². The number of nitrogens with zero attached hydrogens (tertiary/aromatic N) is 3. The summed E-state index contributed by atoms with van der Waals surface area (Å²) in [6, 6.07) is 11.7. The first-order valence-corrected chi connectivity index (χ1v) is 7.39. The third-order valence-electron chi connectivity index (χ3n) is 3.56. The minimum atomic E-state index is -0.319. The first-order chi connectivity index (χ1) is 11.1. The Labute approximate surface area is 134 Å². The molecule has 1 amide bonds. The van der Waals surface area contributed by atoms with Gasteiger partial charge in [-0.2, -0.15) is 5.10 Å². The van der Waals surface area contributed by atoms with E-state index in [2.05, 4.69) is 10.6 Å². The number of aromatic nitrogens is 3. The van der Waals surface area contributed by atoms with Gasteiger partial charge in [0.25, 0.3) is 5.91 Å². The molecule has 0 bridgehead atoms. The summed E-state index contributed by atoms with van der Waals surface area (Å²) < 4.78 is 1.81. The van der Waals surface area contributed by atoms with Crippen LogP contribution in [0.2, 0.25) is 0 Å². The van der Waals surface area contributed by atoms with E-state index in [0.717, 1.165) is 11.3 Å². The maximum absolute atomic E-state index is 12.3. The number of carbonyl (C=O) groups excluding carboxylic acids is 1. The van der Waals surface area contributed by atoms with Gasteiger partial charge in [0.1, 0.15) is 0 Å². The molecule has 0 spiro atoms. The zero-order chi connectivity index (χ0) is 16.4. The van der Waals surface area contributed by atoms with E-state index in [4.69, 9.17) is 9.82 Å². The van der Waals surface area contributed by atoms with Crippen LogP contribution in [0.25, 0.3) is 22.3 Å². The fraction of sp³-hybridized carbons (Fsp3) is 0.235. The van der Waals surface area contributed by atoms with Crippen molar-refractivity contribution in [1.82, 2.24) is 20.2 Å². The number of nitrogens with one attached hydrogen (secondary N) is 1. The van der Waals surface area contributed by atoms with Crippen LogP contribution >= 0.6 is 0 Å². The number of amides is 1. The average Bonchev–Trinajstić information content (AvgIpc) is 2.99. The van der Waals surface area contributed by atoms with Gasteiger partial charge in [-0.1, -0.05) is 30.3 Å². The number of hydrogen-bond acceptors (Lipinski definition) is 4. The Bertz CT molecular complexity index is 840. The van der Waals surface area contributed by atoms with Crippen molar-refractivity contribution in [3.63, 3.8) is 0 Å². The molecule has 3 aromatic rings. The molecular formula is C17H18N4O2. The highest BCUT2D eigenvalue weighted by atomic mass is 16.6.